The molecule has 2 heterocycles. The number of nitrogens with zero attached hydrogens (tertiary/aromatic N) is 3. The minimum atomic E-state index is -0.262. The molecule has 0 aliphatic carbocycles. The zero-order valence-electron chi connectivity index (χ0n) is 16.6. The number of likely N-dealkylation sites (tertiary alicyclic amines) is 1. The van der Waals surface area contributed by atoms with E-state index >= 15 is 0 Å². The summed E-state index contributed by atoms with van der Waals surface area (Å²) in [6.07, 6.45) is 6.79. The van der Waals surface area contributed by atoms with Gasteiger partial charge in [-0.2, -0.15) is 0 Å². The molecule has 28 heavy (non-hydrogen) atoms. The van der Waals surface area contributed by atoms with Crippen LogP contribution in [0.25, 0.3) is 0 Å². The molecule has 3 rings (SSSR count). The minimum absolute atomic E-state index is 0.0645. The third kappa shape index (κ3) is 5.12. The number of rotatable bonds is 6. The van der Waals surface area contributed by atoms with E-state index in [9.17, 15) is 9.59 Å². The maximum absolute atomic E-state index is 12.6. The van der Waals surface area contributed by atoms with Crippen molar-refractivity contribution in [2.24, 2.45) is 5.92 Å². The molecule has 1 unspecified atom stereocenters. The lowest BCUT2D eigenvalue weighted by Gasteiger charge is -2.31. The molecule has 1 aromatic heterocycles. The normalized spacial score (nSPS) is 16.6. The molecule has 3 amide bonds. The van der Waals surface area contributed by atoms with Crippen molar-refractivity contribution in [3.63, 3.8) is 0 Å². The second-order valence-electron chi connectivity index (χ2n) is 7.35. The largest absolute Gasteiger partial charge is 0.338 e. The van der Waals surface area contributed by atoms with Crippen LogP contribution in [0.15, 0.2) is 36.7 Å². The molecule has 0 radical (unpaired) electrons. The third-order valence-corrected chi connectivity index (χ3v) is 5.09. The van der Waals surface area contributed by atoms with Crippen LogP contribution in [-0.2, 0) is 13.0 Å². The number of carbonyl (C=O) groups excluding carboxylic acids is 2. The minimum Gasteiger partial charge on any atom is -0.338 e. The molecule has 1 atom stereocenters. The lowest BCUT2D eigenvalue weighted by atomic mass is 9.99. The van der Waals surface area contributed by atoms with Crippen molar-refractivity contribution in [1.82, 2.24) is 19.8 Å². The number of benzene rings is 1. The molecule has 1 saturated heterocycles. The number of piperidine rings is 1. The van der Waals surface area contributed by atoms with Crippen molar-refractivity contribution in [3.8, 4) is 0 Å². The summed E-state index contributed by atoms with van der Waals surface area (Å²) in [6.45, 7) is 7.07. The van der Waals surface area contributed by atoms with Gasteiger partial charge in [0.15, 0.2) is 0 Å². The van der Waals surface area contributed by atoms with Crippen molar-refractivity contribution in [2.45, 2.75) is 39.7 Å². The number of amides is 3. The van der Waals surface area contributed by atoms with E-state index in [1.165, 1.54) is 6.42 Å². The Labute approximate surface area is 166 Å². The summed E-state index contributed by atoms with van der Waals surface area (Å²) < 4.78 is 2.03. The Morgan fingerprint density at radius 2 is 2.04 bits per heavy atom. The summed E-state index contributed by atoms with van der Waals surface area (Å²) in [5, 5.41) is 5.64. The number of imidazole rings is 1. The molecule has 7 heteroatoms. The number of nitrogens with one attached hydrogen (secondary N) is 2. The Kier molecular flexibility index (Phi) is 6.68. The van der Waals surface area contributed by atoms with Gasteiger partial charge >= 0.3 is 6.03 Å². The Morgan fingerprint density at radius 3 is 2.75 bits per heavy atom. The van der Waals surface area contributed by atoms with E-state index in [0.29, 0.717) is 30.3 Å². The van der Waals surface area contributed by atoms with Crippen LogP contribution in [0.3, 0.4) is 0 Å². The highest BCUT2D eigenvalue weighted by Crippen LogP contribution is 2.19. The van der Waals surface area contributed by atoms with Gasteiger partial charge in [-0.25, -0.2) is 9.78 Å². The van der Waals surface area contributed by atoms with E-state index in [0.717, 1.165) is 31.8 Å². The third-order valence-electron chi connectivity index (χ3n) is 5.09. The van der Waals surface area contributed by atoms with E-state index in [1.54, 1.807) is 30.5 Å². The van der Waals surface area contributed by atoms with Gasteiger partial charge in [-0.05, 0) is 43.0 Å². The van der Waals surface area contributed by atoms with Gasteiger partial charge in [0.1, 0.15) is 5.82 Å². The molecule has 1 aliphatic rings. The van der Waals surface area contributed by atoms with Gasteiger partial charge in [-0.1, -0.05) is 13.8 Å². The van der Waals surface area contributed by atoms with Gasteiger partial charge in [-0.15, -0.1) is 0 Å². The fourth-order valence-corrected chi connectivity index (χ4v) is 3.58. The lowest BCUT2D eigenvalue weighted by molar-refractivity contribution is 0.0683. The Bertz CT molecular complexity index is 799. The van der Waals surface area contributed by atoms with Gasteiger partial charge in [0.25, 0.3) is 5.91 Å². The highest BCUT2D eigenvalue weighted by Gasteiger charge is 2.21. The molecule has 1 aliphatic heterocycles. The fraction of sp³-hybridized carbons (Fsp3) is 0.476. The van der Waals surface area contributed by atoms with Gasteiger partial charge in [0.2, 0.25) is 0 Å². The van der Waals surface area contributed by atoms with E-state index in [4.69, 9.17) is 0 Å². The number of urea groups is 1. The Hall–Kier alpha value is -2.83. The smallest absolute Gasteiger partial charge is 0.319 e. The summed E-state index contributed by atoms with van der Waals surface area (Å²) in [7, 11) is 0. The maximum Gasteiger partial charge on any atom is 0.319 e. The Morgan fingerprint density at radius 1 is 1.25 bits per heavy atom. The van der Waals surface area contributed by atoms with Gasteiger partial charge in [0.05, 0.1) is 0 Å². The first-order valence-corrected chi connectivity index (χ1v) is 10.0. The number of aryl methyl sites for hydroxylation is 1. The predicted octanol–water partition coefficient (Wildman–Crippen LogP) is 3.14. The van der Waals surface area contributed by atoms with E-state index in [2.05, 4.69) is 29.5 Å². The maximum atomic E-state index is 12.6. The zero-order valence-corrected chi connectivity index (χ0v) is 16.6. The van der Waals surface area contributed by atoms with Crippen molar-refractivity contribution in [1.29, 1.82) is 0 Å². The average Bonchev–Trinajstić information content (AvgIpc) is 3.15. The van der Waals surface area contributed by atoms with Crippen molar-refractivity contribution in [2.75, 3.05) is 25.0 Å². The number of carbonyl (C=O) groups is 2. The highest BCUT2D eigenvalue weighted by molar-refractivity contribution is 5.95. The van der Waals surface area contributed by atoms with E-state index < -0.39 is 0 Å². The van der Waals surface area contributed by atoms with Crippen molar-refractivity contribution < 1.29 is 9.59 Å². The second-order valence-corrected chi connectivity index (χ2v) is 7.35. The molecule has 1 aromatic carbocycles. The fourth-order valence-electron chi connectivity index (χ4n) is 3.58. The summed E-state index contributed by atoms with van der Waals surface area (Å²) in [5.74, 6) is 1.62. The molecule has 0 bridgehead atoms. The van der Waals surface area contributed by atoms with Gasteiger partial charge in [0, 0.05) is 56.2 Å². The summed E-state index contributed by atoms with van der Waals surface area (Å²) in [4.78, 5) is 30.9. The average molecular weight is 383 g/mol. The van der Waals surface area contributed by atoms with Crippen LogP contribution in [0.1, 0.15) is 42.9 Å². The number of aromatic nitrogens is 2. The van der Waals surface area contributed by atoms with Crippen LogP contribution in [0.2, 0.25) is 0 Å². The number of hydrogen-bond acceptors (Lipinski definition) is 3. The van der Waals surface area contributed by atoms with Gasteiger partial charge in [-0.3, -0.25) is 4.79 Å². The topological polar surface area (TPSA) is 79.3 Å². The Balaban J connectivity index is 1.47. The van der Waals surface area contributed by atoms with Crippen molar-refractivity contribution >= 4 is 17.6 Å². The van der Waals surface area contributed by atoms with Crippen LogP contribution in [0.5, 0.6) is 0 Å². The van der Waals surface area contributed by atoms with E-state index in [-0.39, 0.29) is 11.9 Å². The van der Waals surface area contributed by atoms with Crippen LogP contribution in [0, 0.1) is 5.92 Å². The molecule has 1 fully saturated rings. The SMILES string of the molecule is CCc1nccn1CCNC(=O)Nc1ccc(C(=O)N2CCCC(C)C2)cc1. The standard InChI is InChI=1S/C21H29N5O2/c1-3-19-22-10-13-25(19)14-11-23-21(28)24-18-8-6-17(7-9-18)20(27)26-12-4-5-16(2)15-26/h6-10,13,16H,3-5,11-12,14-15H2,1-2H3,(H2,23,24,28). The quantitative estimate of drug-likeness (QED) is 0.804. The van der Waals surface area contributed by atoms with Crippen LogP contribution in [-0.4, -0.2) is 46.0 Å². The zero-order chi connectivity index (χ0) is 19.9. The molecule has 7 nitrogen and oxygen atoms in total. The van der Waals surface area contributed by atoms with Crippen LogP contribution < -0.4 is 10.6 Å². The molecular weight excluding hydrogens is 354 g/mol. The molecule has 2 aromatic rings. The van der Waals surface area contributed by atoms with Crippen LogP contribution >= 0.6 is 0 Å². The number of anilines is 1. The summed E-state index contributed by atoms with van der Waals surface area (Å²) in [6, 6.07) is 6.82. The molecule has 2 N–H and O–H groups in total. The monoisotopic (exact) mass is 383 g/mol. The molecule has 0 spiro atoms. The lowest BCUT2D eigenvalue weighted by Crippen LogP contribution is -2.39. The number of hydrogen-bond donors (Lipinski definition) is 2. The molecular formula is C21H29N5O2. The first kappa shape index (κ1) is 19.9. The summed E-state index contributed by atoms with van der Waals surface area (Å²) >= 11 is 0. The van der Waals surface area contributed by atoms with E-state index in [1.807, 2.05) is 15.7 Å². The second kappa shape index (κ2) is 9.39. The molecule has 0 saturated carbocycles. The van der Waals surface area contributed by atoms with Crippen molar-refractivity contribution in [3.05, 3.63) is 48.0 Å². The molecule has 150 valence electrons. The summed E-state index contributed by atoms with van der Waals surface area (Å²) in [5.41, 5.74) is 1.32. The first-order valence-electron chi connectivity index (χ1n) is 10.0. The predicted molar refractivity (Wildman–Crippen MR) is 109 cm³/mol. The highest BCUT2D eigenvalue weighted by atomic mass is 16.2. The first-order chi connectivity index (χ1) is 13.6. The van der Waals surface area contributed by atoms with Crippen LogP contribution in [0.4, 0.5) is 10.5 Å². The van der Waals surface area contributed by atoms with Gasteiger partial charge < -0.3 is 20.1 Å².